The van der Waals surface area contributed by atoms with Gasteiger partial charge in [-0.1, -0.05) is 49.9 Å². The Balaban J connectivity index is 1.83. The van der Waals surface area contributed by atoms with Crippen molar-refractivity contribution in [1.82, 2.24) is 5.32 Å². The van der Waals surface area contributed by atoms with Gasteiger partial charge in [0.1, 0.15) is 0 Å². The Morgan fingerprint density at radius 1 is 1.11 bits per heavy atom. The van der Waals surface area contributed by atoms with Gasteiger partial charge in [-0.15, -0.1) is 0 Å². The van der Waals surface area contributed by atoms with E-state index in [-0.39, 0.29) is 0 Å². The van der Waals surface area contributed by atoms with Gasteiger partial charge in [0, 0.05) is 6.54 Å². The van der Waals surface area contributed by atoms with Crippen LogP contribution in [0.3, 0.4) is 0 Å². The van der Waals surface area contributed by atoms with Gasteiger partial charge >= 0.3 is 0 Å². The van der Waals surface area contributed by atoms with E-state index < -0.39 is 0 Å². The van der Waals surface area contributed by atoms with Gasteiger partial charge in [-0.3, -0.25) is 0 Å². The van der Waals surface area contributed by atoms with Crippen LogP contribution in [0.25, 0.3) is 0 Å². The van der Waals surface area contributed by atoms with Gasteiger partial charge in [-0.05, 0) is 31.0 Å². The summed E-state index contributed by atoms with van der Waals surface area (Å²) < 4.78 is 6.06. The Hall–Kier alpha value is -0.860. The first-order chi connectivity index (χ1) is 8.88. The van der Waals surface area contributed by atoms with E-state index in [1.54, 1.807) is 0 Å². The normalized spacial score (nSPS) is 17.6. The lowest BCUT2D eigenvalue weighted by Crippen LogP contribution is -2.11. The maximum Gasteiger partial charge on any atom is 0.0720 e. The van der Waals surface area contributed by atoms with Crippen molar-refractivity contribution in [3.8, 4) is 0 Å². The van der Waals surface area contributed by atoms with Crippen molar-refractivity contribution in [2.45, 2.75) is 57.8 Å². The number of benzene rings is 1. The van der Waals surface area contributed by atoms with Crippen LogP contribution in [0, 0.1) is 0 Å². The monoisotopic (exact) mass is 247 g/mol. The first kappa shape index (κ1) is 13.6. The average Bonchev–Trinajstić information content (AvgIpc) is 2.66. The van der Waals surface area contributed by atoms with Gasteiger partial charge < -0.3 is 10.1 Å². The number of nitrogens with one attached hydrogen (secondary N) is 1. The summed E-state index contributed by atoms with van der Waals surface area (Å²) in [4.78, 5) is 0. The Morgan fingerprint density at radius 2 is 1.83 bits per heavy atom. The standard InChI is InChI=1S/C16H25NO/c1-17-12-14-7-6-8-15(11-14)13-18-16-9-4-2-3-5-10-16/h6-8,11,16-17H,2-5,9-10,12-13H2,1H3. The zero-order valence-electron chi connectivity index (χ0n) is 11.5. The minimum atomic E-state index is 0.487. The molecule has 1 aliphatic rings. The third kappa shape index (κ3) is 4.43. The molecular weight excluding hydrogens is 222 g/mol. The maximum absolute atomic E-state index is 6.06. The number of hydrogen-bond donors (Lipinski definition) is 1. The summed E-state index contributed by atoms with van der Waals surface area (Å²) in [6, 6.07) is 8.69. The summed E-state index contributed by atoms with van der Waals surface area (Å²) in [6.45, 7) is 1.69. The van der Waals surface area contributed by atoms with Crippen LogP contribution in [-0.4, -0.2) is 13.2 Å². The highest BCUT2D eigenvalue weighted by atomic mass is 16.5. The van der Waals surface area contributed by atoms with E-state index in [4.69, 9.17) is 4.74 Å². The molecule has 0 saturated heterocycles. The predicted molar refractivity (Wildman–Crippen MR) is 75.5 cm³/mol. The van der Waals surface area contributed by atoms with E-state index >= 15 is 0 Å². The molecule has 0 radical (unpaired) electrons. The summed E-state index contributed by atoms with van der Waals surface area (Å²) in [6.07, 6.45) is 8.43. The van der Waals surface area contributed by atoms with Crippen molar-refractivity contribution >= 4 is 0 Å². The first-order valence-electron chi connectivity index (χ1n) is 7.22. The van der Waals surface area contributed by atoms with Crippen LogP contribution in [0.2, 0.25) is 0 Å². The molecule has 1 N–H and O–H groups in total. The van der Waals surface area contributed by atoms with Crippen molar-refractivity contribution in [2.75, 3.05) is 7.05 Å². The minimum absolute atomic E-state index is 0.487. The molecule has 1 aromatic carbocycles. The number of ether oxygens (including phenoxy) is 1. The largest absolute Gasteiger partial charge is 0.374 e. The van der Waals surface area contributed by atoms with Gasteiger partial charge in [0.05, 0.1) is 12.7 Å². The fraction of sp³-hybridized carbons (Fsp3) is 0.625. The topological polar surface area (TPSA) is 21.3 Å². The van der Waals surface area contributed by atoms with Gasteiger partial charge in [-0.25, -0.2) is 0 Å². The highest BCUT2D eigenvalue weighted by Crippen LogP contribution is 2.21. The summed E-state index contributed by atoms with van der Waals surface area (Å²) in [5, 5.41) is 3.18. The molecule has 0 unspecified atom stereocenters. The highest BCUT2D eigenvalue weighted by Gasteiger charge is 2.12. The van der Waals surface area contributed by atoms with Crippen LogP contribution < -0.4 is 5.32 Å². The molecular formula is C16H25NO. The van der Waals surface area contributed by atoms with Crippen LogP contribution in [0.1, 0.15) is 49.7 Å². The quantitative estimate of drug-likeness (QED) is 0.802. The lowest BCUT2D eigenvalue weighted by molar-refractivity contribution is 0.0309. The third-order valence-corrected chi connectivity index (χ3v) is 3.66. The van der Waals surface area contributed by atoms with Crippen LogP contribution in [0.15, 0.2) is 24.3 Å². The molecule has 2 rings (SSSR count). The van der Waals surface area contributed by atoms with Gasteiger partial charge in [0.15, 0.2) is 0 Å². The molecule has 1 aliphatic carbocycles. The second kappa shape index (κ2) is 7.55. The lowest BCUT2D eigenvalue weighted by Gasteiger charge is -2.15. The number of hydrogen-bond acceptors (Lipinski definition) is 2. The summed E-state index contributed by atoms with van der Waals surface area (Å²) in [5.41, 5.74) is 2.63. The zero-order valence-corrected chi connectivity index (χ0v) is 11.5. The summed E-state index contributed by atoms with van der Waals surface area (Å²) >= 11 is 0. The van der Waals surface area contributed by atoms with E-state index in [9.17, 15) is 0 Å². The molecule has 0 aliphatic heterocycles. The molecule has 2 nitrogen and oxygen atoms in total. The summed E-state index contributed by atoms with van der Waals surface area (Å²) in [7, 11) is 1.98. The van der Waals surface area contributed by atoms with E-state index in [1.807, 2.05) is 7.05 Å². The predicted octanol–water partition coefficient (Wildman–Crippen LogP) is 3.65. The van der Waals surface area contributed by atoms with Gasteiger partial charge in [0.2, 0.25) is 0 Å². The van der Waals surface area contributed by atoms with Crippen LogP contribution >= 0.6 is 0 Å². The fourth-order valence-corrected chi connectivity index (χ4v) is 2.66. The van der Waals surface area contributed by atoms with Crippen molar-refractivity contribution in [1.29, 1.82) is 0 Å². The maximum atomic E-state index is 6.06. The SMILES string of the molecule is CNCc1cccc(COC2CCCCCC2)c1. The Morgan fingerprint density at radius 3 is 2.56 bits per heavy atom. The molecule has 0 aromatic heterocycles. The Bertz CT molecular complexity index is 343. The zero-order chi connectivity index (χ0) is 12.6. The van der Waals surface area contributed by atoms with Crippen molar-refractivity contribution in [3.05, 3.63) is 35.4 Å². The van der Waals surface area contributed by atoms with Crippen LogP contribution in [-0.2, 0) is 17.9 Å². The molecule has 0 heterocycles. The van der Waals surface area contributed by atoms with Crippen molar-refractivity contribution in [3.63, 3.8) is 0 Å². The van der Waals surface area contributed by atoms with E-state index in [0.29, 0.717) is 6.10 Å². The molecule has 1 aromatic rings. The Labute approximate surface area is 111 Å². The number of rotatable bonds is 5. The van der Waals surface area contributed by atoms with Gasteiger partial charge in [0.25, 0.3) is 0 Å². The molecule has 1 saturated carbocycles. The molecule has 100 valence electrons. The smallest absolute Gasteiger partial charge is 0.0720 e. The van der Waals surface area contributed by atoms with Crippen LogP contribution in [0.4, 0.5) is 0 Å². The molecule has 0 spiro atoms. The molecule has 0 bridgehead atoms. The fourth-order valence-electron chi connectivity index (χ4n) is 2.66. The first-order valence-corrected chi connectivity index (χ1v) is 7.22. The molecule has 0 amide bonds. The molecule has 0 atom stereocenters. The van der Waals surface area contributed by atoms with Gasteiger partial charge in [-0.2, -0.15) is 0 Å². The second-order valence-electron chi connectivity index (χ2n) is 5.27. The van der Waals surface area contributed by atoms with Crippen molar-refractivity contribution in [2.24, 2.45) is 0 Å². The van der Waals surface area contributed by atoms with E-state index in [1.165, 1.54) is 49.7 Å². The highest BCUT2D eigenvalue weighted by molar-refractivity contribution is 5.22. The average molecular weight is 247 g/mol. The molecule has 18 heavy (non-hydrogen) atoms. The summed E-state index contributed by atoms with van der Waals surface area (Å²) in [5.74, 6) is 0. The molecule has 2 heteroatoms. The third-order valence-electron chi connectivity index (χ3n) is 3.66. The van der Waals surface area contributed by atoms with E-state index in [2.05, 4.69) is 29.6 Å². The lowest BCUT2D eigenvalue weighted by atomic mass is 10.1. The van der Waals surface area contributed by atoms with Crippen LogP contribution in [0.5, 0.6) is 0 Å². The van der Waals surface area contributed by atoms with Crippen molar-refractivity contribution < 1.29 is 4.74 Å². The Kier molecular flexibility index (Phi) is 5.69. The molecule has 1 fully saturated rings. The minimum Gasteiger partial charge on any atom is -0.374 e. The van der Waals surface area contributed by atoms with E-state index in [0.717, 1.165) is 13.2 Å². The second-order valence-corrected chi connectivity index (χ2v) is 5.27.